The summed E-state index contributed by atoms with van der Waals surface area (Å²) in [6.07, 6.45) is 4.62. The molecule has 2 heterocycles. The van der Waals surface area contributed by atoms with Gasteiger partial charge in [-0.1, -0.05) is 6.07 Å². The molecule has 1 saturated carbocycles. The molecule has 3 aromatic rings. The molecular formula is C18H18N4O3. The van der Waals surface area contributed by atoms with Crippen LogP contribution >= 0.6 is 0 Å². The lowest BCUT2D eigenvalue weighted by atomic mass is 10.3. The molecule has 1 amide bonds. The Hall–Kier alpha value is -3.09. The van der Waals surface area contributed by atoms with Crippen molar-refractivity contribution in [2.24, 2.45) is 5.92 Å². The Kier molecular flexibility index (Phi) is 3.97. The zero-order chi connectivity index (χ0) is 17.2. The van der Waals surface area contributed by atoms with Gasteiger partial charge in [-0.15, -0.1) is 0 Å². The largest absolute Gasteiger partial charge is 0.491 e. The summed E-state index contributed by atoms with van der Waals surface area (Å²) in [5.41, 5.74) is 1.61. The van der Waals surface area contributed by atoms with Crippen LogP contribution in [0, 0.1) is 5.92 Å². The molecular weight excluding hydrogens is 320 g/mol. The monoisotopic (exact) mass is 338 g/mol. The topological polar surface area (TPSA) is 89.0 Å². The van der Waals surface area contributed by atoms with Crippen LogP contribution < -0.4 is 15.6 Å². The number of nitrogens with zero attached hydrogens (tertiary/aromatic N) is 2. The molecule has 128 valence electrons. The van der Waals surface area contributed by atoms with Crippen LogP contribution in [0.25, 0.3) is 11.0 Å². The Bertz CT molecular complexity index is 972. The van der Waals surface area contributed by atoms with Crippen molar-refractivity contribution in [1.29, 1.82) is 0 Å². The number of anilines is 1. The molecule has 0 bridgehead atoms. The van der Waals surface area contributed by atoms with E-state index in [0.717, 1.165) is 23.4 Å². The van der Waals surface area contributed by atoms with Crippen molar-refractivity contribution < 1.29 is 9.53 Å². The summed E-state index contributed by atoms with van der Waals surface area (Å²) in [5.74, 6) is 2.11. The van der Waals surface area contributed by atoms with E-state index >= 15 is 0 Å². The first kappa shape index (κ1) is 15.4. The summed E-state index contributed by atoms with van der Waals surface area (Å²) in [7, 11) is 0. The summed E-state index contributed by atoms with van der Waals surface area (Å²) >= 11 is 0. The molecule has 7 heteroatoms. The molecule has 0 unspecified atom stereocenters. The third-order valence-electron chi connectivity index (χ3n) is 4.26. The number of aromatic amines is 1. The number of aromatic nitrogens is 3. The number of pyridine rings is 1. The fraction of sp³-hybridized carbons (Fsp3) is 0.278. The smallest absolute Gasteiger partial charge is 0.274 e. The fourth-order valence-corrected chi connectivity index (χ4v) is 2.74. The first-order valence-corrected chi connectivity index (χ1v) is 8.24. The predicted molar refractivity (Wildman–Crippen MR) is 93.8 cm³/mol. The molecule has 1 aliphatic rings. The quantitative estimate of drug-likeness (QED) is 0.646. The van der Waals surface area contributed by atoms with E-state index in [4.69, 9.17) is 4.74 Å². The van der Waals surface area contributed by atoms with Gasteiger partial charge in [-0.2, -0.15) is 0 Å². The Morgan fingerprint density at radius 3 is 3.00 bits per heavy atom. The maximum Gasteiger partial charge on any atom is 0.274 e. The minimum atomic E-state index is -0.278. The van der Waals surface area contributed by atoms with E-state index in [1.54, 1.807) is 18.3 Å². The van der Waals surface area contributed by atoms with E-state index in [9.17, 15) is 9.59 Å². The number of hydrogen-bond donors (Lipinski definition) is 2. The van der Waals surface area contributed by atoms with Crippen molar-refractivity contribution in [1.82, 2.24) is 14.5 Å². The number of amides is 1. The molecule has 0 radical (unpaired) electrons. The van der Waals surface area contributed by atoms with E-state index in [-0.39, 0.29) is 17.8 Å². The van der Waals surface area contributed by atoms with Crippen LogP contribution in [0.15, 0.2) is 41.3 Å². The van der Waals surface area contributed by atoms with Gasteiger partial charge in [0.1, 0.15) is 22.8 Å². The number of para-hydroxylation sites is 1. The number of hydrogen-bond acceptors (Lipinski definition) is 4. The van der Waals surface area contributed by atoms with Crippen LogP contribution in [-0.4, -0.2) is 27.6 Å². The maximum absolute atomic E-state index is 12.3. The second kappa shape index (κ2) is 6.43. The van der Waals surface area contributed by atoms with Crippen LogP contribution in [-0.2, 0) is 11.3 Å². The number of H-pyrrole nitrogens is 1. The molecule has 0 aliphatic heterocycles. The molecule has 1 fully saturated rings. The van der Waals surface area contributed by atoms with Crippen molar-refractivity contribution in [3.63, 3.8) is 0 Å². The van der Waals surface area contributed by atoms with Crippen LogP contribution in [0.1, 0.15) is 18.7 Å². The highest BCUT2D eigenvalue weighted by atomic mass is 16.5. The zero-order valence-corrected chi connectivity index (χ0v) is 13.6. The van der Waals surface area contributed by atoms with Crippen molar-refractivity contribution in [2.45, 2.75) is 19.4 Å². The molecule has 2 aromatic heterocycles. The maximum atomic E-state index is 12.3. The van der Waals surface area contributed by atoms with E-state index in [1.807, 2.05) is 18.2 Å². The lowest BCUT2D eigenvalue weighted by molar-refractivity contribution is -0.105. The predicted octanol–water partition coefficient (Wildman–Crippen LogP) is 2.13. The normalized spacial score (nSPS) is 13.8. The molecule has 1 aliphatic carbocycles. The van der Waals surface area contributed by atoms with E-state index in [1.165, 1.54) is 17.4 Å². The highest BCUT2D eigenvalue weighted by Gasteiger charge is 2.22. The van der Waals surface area contributed by atoms with Crippen LogP contribution in [0.5, 0.6) is 5.75 Å². The molecule has 0 atom stereocenters. The second-order valence-corrected chi connectivity index (χ2v) is 6.21. The van der Waals surface area contributed by atoms with Gasteiger partial charge >= 0.3 is 0 Å². The highest BCUT2D eigenvalue weighted by molar-refractivity contribution is 5.81. The third kappa shape index (κ3) is 3.26. The average Bonchev–Trinajstić information content (AvgIpc) is 3.35. The molecule has 1 aromatic carbocycles. The van der Waals surface area contributed by atoms with Gasteiger partial charge in [0.25, 0.3) is 5.56 Å². The Morgan fingerprint density at radius 1 is 1.32 bits per heavy atom. The molecule has 0 spiro atoms. The SMILES string of the molecule is O=CNc1cccn(Cc2nc3cccc(OCC4CC4)c3[nH]2)c1=O. The van der Waals surface area contributed by atoms with Crippen LogP contribution in [0.4, 0.5) is 5.69 Å². The van der Waals surface area contributed by atoms with Gasteiger partial charge in [0, 0.05) is 6.20 Å². The average molecular weight is 338 g/mol. The van der Waals surface area contributed by atoms with Crippen LogP contribution in [0.2, 0.25) is 0 Å². The minimum absolute atomic E-state index is 0.238. The summed E-state index contributed by atoms with van der Waals surface area (Å²) in [6.45, 7) is 1.01. The number of nitrogens with one attached hydrogen (secondary N) is 2. The lowest BCUT2D eigenvalue weighted by Gasteiger charge is -2.06. The number of carbonyl (C=O) groups is 1. The number of carbonyl (C=O) groups excluding carboxylic acids is 1. The zero-order valence-electron chi connectivity index (χ0n) is 13.6. The van der Waals surface area contributed by atoms with Gasteiger partial charge in [-0.25, -0.2) is 4.98 Å². The van der Waals surface area contributed by atoms with Crippen molar-refractivity contribution in [2.75, 3.05) is 11.9 Å². The molecule has 2 N–H and O–H groups in total. The van der Waals surface area contributed by atoms with Gasteiger partial charge < -0.3 is 19.6 Å². The Morgan fingerprint density at radius 2 is 2.20 bits per heavy atom. The number of benzene rings is 1. The van der Waals surface area contributed by atoms with E-state index in [2.05, 4.69) is 15.3 Å². The Balaban J connectivity index is 1.61. The summed E-state index contributed by atoms with van der Waals surface area (Å²) in [5, 5.41) is 2.41. The first-order chi connectivity index (χ1) is 12.2. The summed E-state index contributed by atoms with van der Waals surface area (Å²) < 4.78 is 7.39. The number of fused-ring (bicyclic) bond motifs is 1. The number of imidazole rings is 1. The van der Waals surface area contributed by atoms with E-state index in [0.29, 0.717) is 18.2 Å². The van der Waals surface area contributed by atoms with E-state index < -0.39 is 0 Å². The lowest BCUT2D eigenvalue weighted by Crippen LogP contribution is -2.23. The fourth-order valence-electron chi connectivity index (χ4n) is 2.74. The van der Waals surface area contributed by atoms with Gasteiger partial charge in [0.05, 0.1) is 18.7 Å². The second-order valence-electron chi connectivity index (χ2n) is 6.21. The van der Waals surface area contributed by atoms with Crippen molar-refractivity contribution in [3.8, 4) is 5.75 Å². The summed E-state index contributed by atoms with van der Waals surface area (Å²) in [4.78, 5) is 30.7. The number of ether oxygens (including phenoxy) is 1. The third-order valence-corrected chi connectivity index (χ3v) is 4.26. The molecule has 25 heavy (non-hydrogen) atoms. The van der Waals surface area contributed by atoms with Gasteiger partial charge in [0.2, 0.25) is 6.41 Å². The highest BCUT2D eigenvalue weighted by Crippen LogP contribution is 2.31. The minimum Gasteiger partial charge on any atom is -0.491 e. The van der Waals surface area contributed by atoms with Crippen molar-refractivity contribution >= 4 is 23.1 Å². The molecule has 7 nitrogen and oxygen atoms in total. The standard InChI is InChI=1S/C18H18N4O3/c23-11-19-14-4-2-8-22(18(14)24)9-16-20-13-3-1-5-15(17(13)21-16)25-10-12-6-7-12/h1-5,8,11-12H,6-7,9-10H2,(H,19,23)(H,20,21). The van der Waals surface area contributed by atoms with Gasteiger partial charge in [0.15, 0.2) is 0 Å². The molecule has 0 saturated heterocycles. The summed E-state index contributed by atoms with van der Waals surface area (Å²) in [6, 6.07) is 9.02. The van der Waals surface area contributed by atoms with Crippen molar-refractivity contribution in [3.05, 3.63) is 52.7 Å². The van der Waals surface area contributed by atoms with Gasteiger partial charge in [-0.05, 0) is 43.0 Å². The van der Waals surface area contributed by atoms with Gasteiger partial charge in [-0.3, -0.25) is 9.59 Å². The number of rotatable bonds is 7. The van der Waals surface area contributed by atoms with Crippen LogP contribution in [0.3, 0.4) is 0 Å². The Labute approximate surface area is 143 Å². The first-order valence-electron chi connectivity index (χ1n) is 8.24. The molecule has 4 rings (SSSR count).